The van der Waals surface area contributed by atoms with Gasteiger partial charge in [0.05, 0.1) is 6.54 Å². The zero-order valence-corrected chi connectivity index (χ0v) is 8.07. The molecule has 0 amide bonds. The number of carbonyl (C=O) groups excluding carboxylic acids is 2. The van der Waals surface area contributed by atoms with Crippen LogP contribution >= 0.6 is 0 Å². The third-order valence-corrected chi connectivity index (χ3v) is 1.57. The van der Waals surface area contributed by atoms with Crippen LogP contribution in [0.4, 0.5) is 0 Å². The van der Waals surface area contributed by atoms with Crippen LogP contribution in [0.1, 0.15) is 13.8 Å². The summed E-state index contributed by atoms with van der Waals surface area (Å²) in [6.45, 7) is 3.82. The zero-order chi connectivity index (χ0) is 10.3. The molecule has 13 heavy (non-hydrogen) atoms. The Kier molecular flexibility index (Phi) is 5.88. The molecule has 0 aliphatic carbocycles. The van der Waals surface area contributed by atoms with Crippen LogP contribution in [0.25, 0.3) is 0 Å². The second-order valence-electron chi connectivity index (χ2n) is 2.66. The Morgan fingerprint density at radius 1 is 1.46 bits per heavy atom. The maximum absolute atomic E-state index is 10.9. The van der Waals surface area contributed by atoms with Crippen molar-refractivity contribution >= 4 is 12.4 Å². The number of ether oxygens (including phenoxy) is 2. The molecule has 0 aromatic rings. The smallest absolute Gasteiger partial charge is 0.320 e. The molecule has 5 nitrogen and oxygen atoms in total. The fourth-order valence-corrected chi connectivity index (χ4v) is 0.687. The molecule has 2 unspecified atom stereocenters. The van der Waals surface area contributed by atoms with Crippen LogP contribution in [0.2, 0.25) is 0 Å². The number of likely N-dealkylation sites (N-methyl/N-ethyl adjacent to an activating group) is 1. The summed E-state index contributed by atoms with van der Waals surface area (Å²) in [7, 11) is 1.65. The summed E-state index contributed by atoms with van der Waals surface area (Å²) >= 11 is 0. The summed E-state index contributed by atoms with van der Waals surface area (Å²) < 4.78 is 9.52. The molecule has 0 fully saturated rings. The average Bonchev–Trinajstić information content (AvgIpc) is 2.05. The maximum atomic E-state index is 10.9. The molecule has 0 radical (unpaired) electrons. The highest BCUT2D eigenvalue weighted by molar-refractivity contribution is 5.71. The summed E-state index contributed by atoms with van der Waals surface area (Å²) in [6, 6.07) is 0. The van der Waals surface area contributed by atoms with Crippen molar-refractivity contribution in [1.29, 1.82) is 0 Å². The highest BCUT2D eigenvalue weighted by Crippen LogP contribution is 2.01. The lowest BCUT2D eigenvalue weighted by atomic mass is 10.2. The highest BCUT2D eigenvalue weighted by atomic mass is 16.6. The van der Waals surface area contributed by atoms with Gasteiger partial charge in [0.25, 0.3) is 6.47 Å². The van der Waals surface area contributed by atoms with Gasteiger partial charge in [-0.2, -0.15) is 0 Å². The van der Waals surface area contributed by atoms with Gasteiger partial charge in [0, 0.05) is 0 Å². The number of rotatable bonds is 6. The Morgan fingerprint density at radius 3 is 2.54 bits per heavy atom. The van der Waals surface area contributed by atoms with E-state index in [2.05, 4.69) is 10.1 Å². The van der Waals surface area contributed by atoms with Crippen LogP contribution in [-0.4, -0.2) is 38.2 Å². The van der Waals surface area contributed by atoms with Gasteiger partial charge in [-0.15, -0.1) is 0 Å². The van der Waals surface area contributed by atoms with E-state index in [0.717, 1.165) is 0 Å². The van der Waals surface area contributed by atoms with Crippen LogP contribution in [0.3, 0.4) is 0 Å². The predicted molar refractivity (Wildman–Crippen MR) is 46.1 cm³/mol. The summed E-state index contributed by atoms with van der Waals surface area (Å²) in [6.07, 6.45) is -0.843. The van der Waals surface area contributed by atoms with Gasteiger partial charge in [-0.05, 0) is 20.9 Å². The minimum Gasteiger partial charge on any atom is -0.461 e. The molecule has 0 saturated heterocycles. The number of nitrogens with one attached hydrogen (secondary N) is 1. The van der Waals surface area contributed by atoms with Crippen molar-refractivity contribution < 1.29 is 19.1 Å². The molecule has 0 aromatic heterocycles. The van der Waals surface area contributed by atoms with Gasteiger partial charge in [-0.25, -0.2) is 0 Å². The Labute approximate surface area is 77.4 Å². The minimum absolute atomic E-state index is 0.151. The van der Waals surface area contributed by atoms with E-state index in [1.807, 2.05) is 0 Å². The third-order valence-electron chi connectivity index (χ3n) is 1.57. The fourth-order valence-electron chi connectivity index (χ4n) is 0.687. The largest absolute Gasteiger partial charge is 0.461 e. The molecular weight excluding hydrogens is 174 g/mol. The van der Waals surface area contributed by atoms with Crippen molar-refractivity contribution in [2.24, 2.45) is 0 Å². The quantitative estimate of drug-likeness (QED) is 0.459. The first-order valence-corrected chi connectivity index (χ1v) is 4.05. The van der Waals surface area contributed by atoms with Crippen molar-refractivity contribution in [3.05, 3.63) is 0 Å². The first-order valence-electron chi connectivity index (χ1n) is 4.05. The molecule has 0 aliphatic heterocycles. The van der Waals surface area contributed by atoms with Crippen molar-refractivity contribution in [3.63, 3.8) is 0 Å². The van der Waals surface area contributed by atoms with Crippen LogP contribution in [0, 0.1) is 0 Å². The van der Waals surface area contributed by atoms with E-state index >= 15 is 0 Å². The highest BCUT2D eigenvalue weighted by Gasteiger charge is 2.16. The molecule has 0 bridgehead atoms. The van der Waals surface area contributed by atoms with Crippen molar-refractivity contribution in [3.8, 4) is 0 Å². The van der Waals surface area contributed by atoms with E-state index in [-0.39, 0.29) is 12.5 Å². The van der Waals surface area contributed by atoms with Gasteiger partial charge >= 0.3 is 5.97 Å². The Hall–Kier alpha value is -1.10. The zero-order valence-electron chi connectivity index (χ0n) is 8.07. The topological polar surface area (TPSA) is 64.6 Å². The first kappa shape index (κ1) is 11.9. The second-order valence-corrected chi connectivity index (χ2v) is 2.66. The molecule has 0 spiro atoms. The molecule has 0 heterocycles. The number of carbonyl (C=O) groups is 2. The molecule has 0 aromatic carbocycles. The SMILES string of the molecule is CNCC(=O)OC(C)C(C)OC=O. The minimum atomic E-state index is -0.425. The monoisotopic (exact) mass is 189 g/mol. The van der Waals surface area contributed by atoms with Crippen molar-refractivity contribution in [1.82, 2.24) is 5.32 Å². The number of esters is 1. The van der Waals surface area contributed by atoms with Gasteiger partial charge in [0.2, 0.25) is 0 Å². The fraction of sp³-hybridized carbons (Fsp3) is 0.750. The summed E-state index contributed by atoms with van der Waals surface area (Å²) in [5.41, 5.74) is 0. The van der Waals surface area contributed by atoms with E-state index in [1.165, 1.54) is 0 Å². The van der Waals surface area contributed by atoms with Crippen molar-refractivity contribution in [2.45, 2.75) is 26.1 Å². The second kappa shape index (κ2) is 6.42. The molecule has 1 N–H and O–H groups in total. The van der Waals surface area contributed by atoms with Gasteiger partial charge in [0.1, 0.15) is 12.2 Å². The van der Waals surface area contributed by atoms with E-state index in [4.69, 9.17) is 4.74 Å². The summed E-state index contributed by atoms with van der Waals surface area (Å²) in [4.78, 5) is 20.9. The lowest BCUT2D eigenvalue weighted by Gasteiger charge is -2.18. The Bertz CT molecular complexity index is 172. The van der Waals surface area contributed by atoms with Crippen molar-refractivity contribution in [2.75, 3.05) is 13.6 Å². The van der Waals surface area contributed by atoms with E-state index in [1.54, 1.807) is 20.9 Å². The molecule has 0 aliphatic rings. The van der Waals surface area contributed by atoms with Crippen LogP contribution in [-0.2, 0) is 19.1 Å². The summed E-state index contributed by atoms with van der Waals surface area (Å²) in [5, 5.41) is 2.66. The Morgan fingerprint density at radius 2 is 2.08 bits per heavy atom. The Balaban J connectivity index is 3.77. The molecule has 2 atom stereocenters. The number of hydrogen-bond acceptors (Lipinski definition) is 5. The standard InChI is InChI=1S/C8H15NO4/c1-6(12-5-10)7(2)13-8(11)4-9-3/h5-7,9H,4H2,1-3H3. The molecule has 0 saturated carbocycles. The van der Waals surface area contributed by atoms with Gasteiger partial charge in [-0.1, -0.05) is 0 Å². The molecule has 76 valence electrons. The first-order chi connectivity index (χ1) is 6.11. The van der Waals surface area contributed by atoms with Crippen LogP contribution in [0.5, 0.6) is 0 Å². The lowest BCUT2D eigenvalue weighted by molar-refractivity contribution is -0.157. The molecule has 0 rings (SSSR count). The van der Waals surface area contributed by atoms with Crippen LogP contribution in [0.15, 0.2) is 0 Å². The van der Waals surface area contributed by atoms with Gasteiger partial charge < -0.3 is 14.8 Å². The number of hydrogen-bond donors (Lipinski definition) is 1. The summed E-state index contributed by atoms with van der Waals surface area (Å²) in [5.74, 6) is -0.364. The van der Waals surface area contributed by atoms with Gasteiger partial charge in [0.15, 0.2) is 0 Å². The van der Waals surface area contributed by atoms with E-state index in [9.17, 15) is 9.59 Å². The van der Waals surface area contributed by atoms with E-state index < -0.39 is 12.2 Å². The van der Waals surface area contributed by atoms with Gasteiger partial charge in [-0.3, -0.25) is 9.59 Å². The molecular formula is C8H15NO4. The average molecular weight is 189 g/mol. The maximum Gasteiger partial charge on any atom is 0.320 e. The normalized spacial score (nSPS) is 14.4. The van der Waals surface area contributed by atoms with Crippen LogP contribution < -0.4 is 5.32 Å². The molecule has 5 heteroatoms. The lowest BCUT2D eigenvalue weighted by Crippen LogP contribution is -2.31. The predicted octanol–water partition coefficient (Wildman–Crippen LogP) is -0.301. The van der Waals surface area contributed by atoms with E-state index in [0.29, 0.717) is 6.47 Å². The third kappa shape index (κ3) is 5.19.